The van der Waals surface area contributed by atoms with Crippen LogP contribution in [0.3, 0.4) is 0 Å². The fourth-order valence-corrected chi connectivity index (χ4v) is 8.94. The Balaban J connectivity index is 1.38. The van der Waals surface area contributed by atoms with E-state index in [2.05, 4.69) is 141 Å². The van der Waals surface area contributed by atoms with Gasteiger partial charge in [0.25, 0.3) is 0 Å². The molecule has 1 aliphatic rings. The van der Waals surface area contributed by atoms with E-state index in [-0.39, 0.29) is 0 Å². The molecule has 0 aromatic heterocycles. The van der Waals surface area contributed by atoms with Gasteiger partial charge < -0.3 is 19.6 Å². The highest BCUT2D eigenvalue weighted by atomic mass is 32.2. The molecule has 0 bridgehead atoms. The van der Waals surface area contributed by atoms with Crippen molar-refractivity contribution in [2.45, 2.75) is 26.2 Å². The number of thiocarbonyl (C=S) groups is 4. The van der Waals surface area contributed by atoms with Gasteiger partial charge in [-0.25, -0.2) is 0 Å². The second-order valence-corrected chi connectivity index (χ2v) is 16.0. The molecule has 0 amide bonds. The van der Waals surface area contributed by atoms with Crippen LogP contribution in [0, 0.1) is 0 Å². The molecule has 0 radical (unpaired) electrons. The number of rotatable bonds is 8. The quantitative estimate of drug-likeness (QED) is 0.161. The molecular formula is C40H44N4S6. The maximum Gasteiger partial charge on any atom is 0.0883 e. The number of hydrogen-bond donors (Lipinski definition) is 0. The van der Waals surface area contributed by atoms with Crippen molar-refractivity contribution in [1.82, 2.24) is 19.6 Å². The summed E-state index contributed by atoms with van der Waals surface area (Å²) in [7, 11) is 0. The minimum absolute atomic E-state index is 0.727. The predicted octanol–water partition coefficient (Wildman–Crippen LogP) is 8.78. The maximum atomic E-state index is 6.14. The lowest BCUT2D eigenvalue weighted by atomic mass is 10.2. The average Bonchev–Trinajstić information content (AvgIpc) is 3.14. The Morgan fingerprint density at radius 3 is 0.740 bits per heavy atom. The molecule has 0 aliphatic carbocycles. The summed E-state index contributed by atoms with van der Waals surface area (Å²) in [5.74, 6) is 2.91. The van der Waals surface area contributed by atoms with E-state index in [4.69, 9.17) is 48.9 Å². The van der Waals surface area contributed by atoms with Gasteiger partial charge in [-0.15, -0.1) is 23.5 Å². The topological polar surface area (TPSA) is 13.0 Å². The van der Waals surface area contributed by atoms with Gasteiger partial charge in [0.05, 0.1) is 20.0 Å². The molecule has 4 aromatic carbocycles. The minimum atomic E-state index is 0.727. The summed E-state index contributed by atoms with van der Waals surface area (Å²) in [5, 5.41) is 0. The molecule has 1 heterocycles. The molecular weight excluding hydrogens is 729 g/mol. The van der Waals surface area contributed by atoms with Crippen molar-refractivity contribution in [3.63, 3.8) is 0 Å². The lowest BCUT2D eigenvalue weighted by Crippen LogP contribution is -2.42. The highest BCUT2D eigenvalue weighted by molar-refractivity contribution is 8.03. The van der Waals surface area contributed by atoms with E-state index in [1.165, 1.54) is 22.3 Å². The zero-order chi connectivity index (χ0) is 35.0. The van der Waals surface area contributed by atoms with Crippen LogP contribution in [0.15, 0.2) is 121 Å². The third-order valence-electron chi connectivity index (χ3n) is 8.46. The molecule has 0 atom stereocenters. The molecule has 4 nitrogen and oxygen atoms in total. The number of nitrogens with zero attached hydrogens (tertiary/aromatic N) is 4. The Kier molecular flexibility index (Phi) is 16.0. The normalized spacial score (nSPS) is 16.3. The highest BCUT2D eigenvalue weighted by Gasteiger charge is 2.20. The molecule has 0 unspecified atom stereocenters. The number of thioether (sulfide) groups is 2. The standard InChI is InChI=1S/C40H44N4S6/c45-37-29-49-30-39(47)43(27-35-17-9-3-10-18-35)23-24-44(28-36-19-11-4-12-20-36)40(48)32-50-31-38(46)42(26-34-15-7-2-8-16-34)22-21-41(37)25-33-13-5-1-6-14-33/h1-20H,21-32H2. The van der Waals surface area contributed by atoms with Gasteiger partial charge in [0.15, 0.2) is 0 Å². The first kappa shape index (κ1) is 38.4. The summed E-state index contributed by atoms with van der Waals surface area (Å²) >= 11 is 28.2. The monoisotopic (exact) mass is 772 g/mol. The largest absolute Gasteiger partial charge is 0.359 e. The van der Waals surface area contributed by atoms with E-state index in [0.717, 1.165) is 95.3 Å². The van der Waals surface area contributed by atoms with Crippen molar-refractivity contribution < 1.29 is 0 Å². The lowest BCUT2D eigenvalue weighted by molar-refractivity contribution is 0.334. The van der Waals surface area contributed by atoms with Gasteiger partial charge in [-0.3, -0.25) is 0 Å². The van der Waals surface area contributed by atoms with Gasteiger partial charge in [-0.2, -0.15) is 0 Å². The van der Waals surface area contributed by atoms with E-state index < -0.39 is 0 Å². The van der Waals surface area contributed by atoms with Crippen LogP contribution in [-0.2, 0) is 26.2 Å². The Hall–Kier alpha value is -2.86. The summed E-state index contributed by atoms with van der Waals surface area (Å²) in [6.45, 7) is 6.15. The third-order valence-corrected chi connectivity index (χ3v) is 12.7. The van der Waals surface area contributed by atoms with Crippen molar-refractivity contribution in [2.24, 2.45) is 0 Å². The first-order chi connectivity index (χ1) is 24.4. The Morgan fingerprint density at radius 2 is 0.540 bits per heavy atom. The molecule has 10 heteroatoms. The summed E-state index contributed by atoms with van der Waals surface area (Å²) in [5.41, 5.74) is 4.97. The van der Waals surface area contributed by atoms with Crippen molar-refractivity contribution in [3.8, 4) is 0 Å². The molecule has 0 spiro atoms. The third kappa shape index (κ3) is 12.7. The highest BCUT2D eigenvalue weighted by Crippen LogP contribution is 2.18. The van der Waals surface area contributed by atoms with Crippen LogP contribution >= 0.6 is 72.4 Å². The Labute approximate surface area is 328 Å². The second-order valence-electron chi connectivity index (χ2n) is 12.2. The minimum Gasteiger partial charge on any atom is -0.359 e. The summed E-state index contributed by atoms with van der Waals surface area (Å²) in [6, 6.07) is 42.3. The fourth-order valence-electron chi connectivity index (χ4n) is 5.68. The van der Waals surface area contributed by atoms with Gasteiger partial charge in [-0.1, -0.05) is 170 Å². The van der Waals surface area contributed by atoms with Crippen LogP contribution in [0.5, 0.6) is 0 Å². The van der Waals surface area contributed by atoms with Gasteiger partial charge in [0.1, 0.15) is 0 Å². The Bertz CT molecular complexity index is 1410. The zero-order valence-corrected chi connectivity index (χ0v) is 33.2. The van der Waals surface area contributed by atoms with Crippen molar-refractivity contribution in [2.75, 3.05) is 49.2 Å². The summed E-state index contributed by atoms with van der Waals surface area (Å²) in [6.07, 6.45) is 0. The van der Waals surface area contributed by atoms with E-state index >= 15 is 0 Å². The fraction of sp³-hybridized carbons (Fsp3) is 0.300. The van der Waals surface area contributed by atoms with E-state index in [1.807, 2.05) is 0 Å². The zero-order valence-electron chi connectivity index (χ0n) is 28.3. The van der Waals surface area contributed by atoms with Gasteiger partial charge in [0.2, 0.25) is 0 Å². The van der Waals surface area contributed by atoms with Crippen LogP contribution in [0.1, 0.15) is 22.3 Å². The molecule has 1 fully saturated rings. The molecule has 50 heavy (non-hydrogen) atoms. The van der Waals surface area contributed by atoms with Gasteiger partial charge >= 0.3 is 0 Å². The summed E-state index contributed by atoms with van der Waals surface area (Å²) < 4.78 is 0. The van der Waals surface area contributed by atoms with Crippen LogP contribution in [0.25, 0.3) is 0 Å². The van der Waals surface area contributed by atoms with Crippen molar-refractivity contribution >= 4 is 92.3 Å². The summed E-state index contributed by atoms with van der Waals surface area (Å²) in [4.78, 5) is 13.1. The SMILES string of the molecule is S=C1CSCC(=S)N(Cc2ccccc2)CCN(Cc2ccccc2)C(=S)CSCC(=S)N(Cc2ccccc2)CCN1Cc1ccccc1. The first-order valence-corrected chi connectivity index (χ1v) is 20.8. The van der Waals surface area contributed by atoms with E-state index in [1.54, 1.807) is 23.5 Å². The molecule has 0 N–H and O–H groups in total. The van der Waals surface area contributed by atoms with E-state index in [9.17, 15) is 0 Å². The number of hydrogen-bond acceptors (Lipinski definition) is 6. The van der Waals surface area contributed by atoms with Crippen LogP contribution in [0.4, 0.5) is 0 Å². The van der Waals surface area contributed by atoms with Crippen molar-refractivity contribution in [3.05, 3.63) is 144 Å². The van der Waals surface area contributed by atoms with Gasteiger partial charge in [-0.05, 0) is 22.3 Å². The molecule has 1 saturated heterocycles. The van der Waals surface area contributed by atoms with Crippen LogP contribution in [0.2, 0.25) is 0 Å². The second kappa shape index (κ2) is 20.9. The Morgan fingerprint density at radius 1 is 0.340 bits per heavy atom. The molecule has 5 rings (SSSR count). The molecule has 260 valence electrons. The first-order valence-electron chi connectivity index (χ1n) is 16.9. The number of benzene rings is 4. The van der Waals surface area contributed by atoms with E-state index in [0.29, 0.717) is 0 Å². The molecule has 1 aliphatic heterocycles. The van der Waals surface area contributed by atoms with Crippen molar-refractivity contribution in [1.29, 1.82) is 0 Å². The maximum absolute atomic E-state index is 6.14. The average molecular weight is 773 g/mol. The van der Waals surface area contributed by atoms with Crippen LogP contribution in [-0.4, -0.2) is 88.7 Å². The predicted molar refractivity (Wildman–Crippen MR) is 232 cm³/mol. The van der Waals surface area contributed by atoms with Gasteiger partial charge in [0, 0.05) is 75.4 Å². The van der Waals surface area contributed by atoms with Crippen LogP contribution < -0.4 is 0 Å². The molecule has 4 aromatic rings. The smallest absolute Gasteiger partial charge is 0.0883 e. The lowest BCUT2D eigenvalue weighted by Gasteiger charge is -2.33. The molecule has 0 saturated carbocycles.